The standard InChI is InChI=1S/C15H24BrN3/c1-12(2)10-18-6-8-19(9-7-18)11-13-4-3-5-14(17)15(13)16/h3-5,12H,6-11,17H2,1-2H3. The van der Waals surface area contributed by atoms with Crippen LogP contribution in [0.3, 0.4) is 0 Å². The molecule has 19 heavy (non-hydrogen) atoms. The molecule has 1 aliphatic heterocycles. The van der Waals surface area contributed by atoms with Crippen LogP contribution in [0.5, 0.6) is 0 Å². The number of hydrogen-bond acceptors (Lipinski definition) is 3. The lowest BCUT2D eigenvalue weighted by Gasteiger charge is -2.35. The second kappa shape index (κ2) is 6.73. The monoisotopic (exact) mass is 325 g/mol. The number of halogens is 1. The number of piperazine rings is 1. The molecule has 1 heterocycles. The predicted octanol–water partition coefficient (Wildman–Crippen LogP) is 2.80. The Balaban J connectivity index is 1.87. The Morgan fingerprint density at radius 2 is 1.79 bits per heavy atom. The van der Waals surface area contributed by atoms with E-state index >= 15 is 0 Å². The van der Waals surface area contributed by atoms with Gasteiger partial charge in [-0.05, 0) is 33.5 Å². The van der Waals surface area contributed by atoms with E-state index in [1.54, 1.807) is 0 Å². The van der Waals surface area contributed by atoms with E-state index in [0.717, 1.165) is 35.7 Å². The van der Waals surface area contributed by atoms with Gasteiger partial charge in [-0.25, -0.2) is 0 Å². The van der Waals surface area contributed by atoms with Gasteiger partial charge in [0, 0.05) is 49.4 Å². The molecule has 3 nitrogen and oxygen atoms in total. The normalized spacial score (nSPS) is 18.1. The van der Waals surface area contributed by atoms with Crippen molar-refractivity contribution in [1.82, 2.24) is 9.80 Å². The molecule has 106 valence electrons. The average molecular weight is 326 g/mol. The molecule has 0 aliphatic carbocycles. The molecule has 0 spiro atoms. The number of benzene rings is 1. The molecular weight excluding hydrogens is 302 g/mol. The molecule has 0 amide bonds. The first-order valence-corrected chi connectivity index (χ1v) is 7.83. The topological polar surface area (TPSA) is 32.5 Å². The Bertz CT molecular complexity index is 412. The molecule has 1 saturated heterocycles. The Morgan fingerprint density at radius 3 is 2.42 bits per heavy atom. The highest BCUT2D eigenvalue weighted by Crippen LogP contribution is 2.25. The molecule has 2 N–H and O–H groups in total. The zero-order chi connectivity index (χ0) is 13.8. The highest BCUT2D eigenvalue weighted by atomic mass is 79.9. The fourth-order valence-corrected chi connectivity index (χ4v) is 3.00. The number of anilines is 1. The third kappa shape index (κ3) is 4.20. The van der Waals surface area contributed by atoms with E-state index in [2.05, 4.69) is 45.6 Å². The summed E-state index contributed by atoms with van der Waals surface area (Å²) in [5.74, 6) is 0.759. The van der Waals surface area contributed by atoms with Crippen LogP contribution in [0.25, 0.3) is 0 Å². The third-order valence-electron chi connectivity index (χ3n) is 3.59. The van der Waals surface area contributed by atoms with E-state index in [0.29, 0.717) is 0 Å². The minimum Gasteiger partial charge on any atom is -0.398 e. The fourth-order valence-electron chi connectivity index (χ4n) is 2.61. The van der Waals surface area contributed by atoms with Gasteiger partial charge in [-0.15, -0.1) is 0 Å². The number of nitrogens with zero attached hydrogens (tertiary/aromatic N) is 2. The summed E-state index contributed by atoms with van der Waals surface area (Å²) in [5, 5.41) is 0. The summed E-state index contributed by atoms with van der Waals surface area (Å²) < 4.78 is 1.06. The lowest BCUT2D eigenvalue weighted by atomic mass is 10.1. The van der Waals surface area contributed by atoms with E-state index in [1.807, 2.05) is 12.1 Å². The first-order valence-electron chi connectivity index (χ1n) is 7.04. The van der Waals surface area contributed by atoms with Crippen molar-refractivity contribution in [2.75, 3.05) is 38.5 Å². The molecular formula is C15H24BrN3. The van der Waals surface area contributed by atoms with Gasteiger partial charge in [-0.1, -0.05) is 26.0 Å². The van der Waals surface area contributed by atoms with Crippen molar-refractivity contribution in [2.24, 2.45) is 5.92 Å². The molecule has 0 atom stereocenters. The van der Waals surface area contributed by atoms with Gasteiger partial charge in [-0.2, -0.15) is 0 Å². The lowest BCUT2D eigenvalue weighted by Crippen LogP contribution is -2.46. The summed E-state index contributed by atoms with van der Waals surface area (Å²) in [5.41, 5.74) is 8.05. The first kappa shape index (κ1) is 14.8. The minimum absolute atomic E-state index is 0.759. The summed E-state index contributed by atoms with van der Waals surface area (Å²) in [6.07, 6.45) is 0. The van der Waals surface area contributed by atoms with Crippen LogP contribution in [-0.4, -0.2) is 42.5 Å². The SMILES string of the molecule is CC(C)CN1CCN(Cc2cccc(N)c2Br)CC1. The van der Waals surface area contributed by atoms with Crippen LogP contribution in [0.4, 0.5) is 5.69 Å². The maximum Gasteiger partial charge on any atom is 0.0461 e. The Labute approximate surface area is 124 Å². The van der Waals surface area contributed by atoms with E-state index < -0.39 is 0 Å². The molecule has 0 radical (unpaired) electrons. The van der Waals surface area contributed by atoms with Crippen LogP contribution in [-0.2, 0) is 6.54 Å². The van der Waals surface area contributed by atoms with Gasteiger partial charge in [0.25, 0.3) is 0 Å². The molecule has 1 aromatic carbocycles. The third-order valence-corrected chi connectivity index (χ3v) is 4.56. The van der Waals surface area contributed by atoms with Crippen molar-refractivity contribution in [3.63, 3.8) is 0 Å². The molecule has 1 aliphatic rings. The maximum atomic E-state index is 5.93. The Hall–Kier alpha value is -0.580. The number of rotatable bonds is 4. The molecule has 1 aromatic rings. The van der Waals surface area contributed by atoms with Gasteiger partial charge in [0.05, 0.1) is 0 Å². The van der Waals surface area contributed by atoms with E-state index in [4.69, 9.17) is 5.73 Å². The minimum atomic E-state index is 0.759. The van der Waals surface area contributed by atoms with Crippen LogP contribution in [0.1, 0.15) is 19.4 Å². The van der Waals surface area contributed by atoms with Crippen molar-refractivity contribution in [1.29, 1.82) is 0 Å². The molecule has 0 bridgehead atoms. The van der Waals surface area contributed by atoms with E-state index in [1.165, 1.54) is 25.2 Å². The summed E-state index contributed by atoms with van der Waals surface area (Å²) >= 11 is 3.59. The largest absolute Gasteiger partial charge is 0.398 e. The van der Waals surface area contributed by atoms with E-state index in [9.17, 15) is 0 Å². The summed E-state index contributed by atoms with van der Waals surface area (Å²) in [7, 11) is 0. The maximum absolute atomic E-state index is 5.93. The second-order valence-electron chi connectivity index (χ2n) is 5.79. The smallest absolute Gasteiger partial charge is 0.0461 e. The summed E-state index contributed by atoms with van der Waals surface area (Å²) in [4.78, 5) is 5.08. The Kier molecular flexibility index (Phi) is 5.25. The molecule has 1 fully saturated rings. The van der Waals surface area contributed by atoms with Crippen LogP contribution in [0.15, 0.2) is 22.7 Å². The van der Waals surface area contributed by atoms with Crippen molar-refractivity contribution >= 4 is 21.6 Å². The van der Waals surface area contributed by atoms with Gasteiger partial charge in [0.2, 0.25) is 0 Å². The van der Waals surface area contributed by atoms with Gasteiger partial charge >= 0.3 is 0 Å². The number of nitrogens with two attached hydrogens (primary N) is 1. The number of hydrogen-bond donors (Lipinski definition) is 1. The van der Waals surface area contributed by atoms with Crippen LogP contribution < -0.4 is 5.73 Å². The lowest BCUT2D eigenvalue weighted by molar-refractivity contribution is 0.117. The zero-order valence-corrected chi connectivity index (χ0v) is 13.5. The molecule has 4 heteroatoms. The van der Waals surface area contributed by atoms with Crippen LogP contribution >= 0.6 is 15.9 Å². The van der Waals surface area contributed by atoms with Crippen molar-refractivity contribution in [3.8, 4) is 0 Å². The van der Waals surface area contributed by atoms with Crippen LogP contribution in [0.2, 0.25) is 0 Å². The second-order valence-corrected chi connectivity index (χ2v) is 6.58. The van der Waals surface area contributed by atoms with E-state index in [-0.39, 0.29) is 0 Å². The summed E-state index contributed by atoms with van der Waals surface area (Å²) in [6, 6.07) is 6.12. The average Bonchev–Trinajstić information content (AvgIpc) is 2.37. The molecule has 0 aromatic heterocycles. The molecule has 2 rings (SSSR count). The van der Waals surface area contributed by atoms with Crippen LogP contribution in [0, 0.1) is 5.92 Å². The van der Waals surface area contributed by atoms with Crippen molar-refractivity contribution < 1.29 is 0 Å². The number of nitrogen functional groups attached to an aromatic ring is 1. The first-order chi connectivity index (χ1) is 9.06. The van der Waals surface area contributed by atoms with Gasteiger partial charge in [0.1, 0.15) is 0 Å². The fraction of sp³-hybridized carbons (Fsp3) is 0.600. The predicted molar refractivity (Wildman–Crippen MR) is 85.1 cm³/mol. The quantitative estimate of drug-likeness (QED) is 0.864. The highest BCUT2D eigenvalue weighted by Gasteiger charge is 2.18. The van der Waals surface area contributed by atoms with Gasteiger partial charge in [0.15, 0.2) is 0 Å². The van der Waals surface area contributed by atoms with Gasteiger partial charge < -0.3 is 10.6 Å². The highest BCUT2D eigenvalue weighted by molar-refractivity contribution is 9.10. The van der Waals surface area contributed by atoms with Crippen molar-refractivity contribution in [2.45, 2.75) is 20.4 Å². The summed E-state index contributed by atoms with van der Waals surface area (Å²) in [6.45, 7) is 11.4. The molecule has 0 saturated carbocycles. The molecule has 0 unspecified atom stereocenters. The van der Waals surface area contributed by atoms with Gasteiger partial charge in [-0.3, -0.25) is 4.90 Å². The Morgan fingerprint density at radius 1 is 1.16 bits per heavy atom. The van der Waals surface area contributed by atoms with Crippen molar-refractivity contribution in [3.05, 3.63) is 28.2 Å². The zero-order valence-electron chi connectivity index (χ0n) is 11.9.